The number of primary amides is 1. The summed E-state index contributed by atoms with van der Waals surface area (Å²) in [6.07, 6.45) is 9.82. The number of imidazole rings is 1. The zero-order chi connectivity index (χ0) is 46.1. The van der Waals surface area contributed by atoms with Crippen LogP contribution in [0, 0.1) is 17.8 Å². The summed E-state index contributed by atoms with van der Waals surface area (Å²) in [5.74, 6) is -6.37. The molecule has 0 aromatic carbocycles. The first-order valence-electron chi connectivity index (χ1n) is 22.1. The third-order valence-corrected chi connectivity index (χ3v) is 11.9. The van der Waals surface area contributed by atoms with Crippen molar-refractivity contribution in [2.45, 2.75) is 148 Å². The minimum Gasteiger partial charge on any atom is -0.394 e. The van der Waals surface area contributed by atoms with Crippen molar-refractivity contribution in [1.29, 1.82) is 0 Å². The number of phosphoric ester groups is 1. The van der Waals surface area contributed by atoms with E-state index in [1.54, 1.807) is 7.11 Å². The van der Waals surface area contributed by atoms with Crippen molar-refractivity contribution in [3.8, 4) is 0 Å². The van der Waals surface area contributed by atoms with Crippen LogP contribution in [0.4, 0.5) is 0 Å². The molecule has 4 amide bonds. The van der Waals surface area contributed by atoms with Gasteiger partial charge < -0.3 is 45.7 Å². The summed E-state index contributed by atoms with van der Waals surface area (Å²) in [4.78, 5) is 99.2. The monoisotopic (exact) mass is 900 g/mol. The summed E-state index contributed by atoms with van der Waals surface area (Å²) >= 11 is 0. The van der Waals surface area contributed by atoms with Crippen molar-refractivity contribution in [2.75, 3.05) is 46.7 Å². The third kappa shape index (κ3) is 20.7. The number of carbonyl (C=O) groups excluding carboxylic acids is 6. The second-order valence-corrected chi connectivity index (χ2v) is 17.9. The maximum absolute atomic E-state index is 14.0. The van der Waals surface area contributed by atoms with Crippen LogP contribution in [0.25, 0.3) is 0 Å². The zero-order valence-electron chi connectivity index (χ0n) is 37.3. The third-order valence-electron chi connectivity index (χ3n) is 10.8. The number of ether oxygens (including phenoxy) is 2. The molecule has 7 atom stereocenters. The maximum atomic E-state index is 14.0. The number of carbonyl (C=O) groups is 6. The smallest absolute Gasteiger partial charge is 0.394 e. The normalized spacial score (nSPS) is 17.5. The highest BCUT2D eigenvalue weighted by Gasteiger charge is 2.38. The molecule has 1 aromatic heterocycles. The molecule has 2 rings (SSSR count). The van der Waals surface area contributed by atoms with Gasteiger partial charge in [-0.1, -0.05) is 65.7 Å². The summed E-state index contributed by atoms with van der Waals surface area (Å²) in [5, 5.41) is 15.6. The number of H-pyrrole nitrogens is 1. The number of unbranched alkanes of at least 4 members (excludes halogenated alkanes) is 7. The van der Waals surface area contributed by atoms with E-state index < -0.39 is 86.2 Å². The summed E-state index contributed by atoms with van der Waals surface area (Å²) < 4.78 is 33.4. The molecule has 354 valence electrons. The van der Waals surface area contributed by atoms with Gasteiger partial charge in [0.1, 0.15) is 12.1 Å². The molecule has 0 bridgehead atoms. The van der Waals surface area contributed by atoms with Gasteiger partial charge in [0.25, 0.3) is 0 Å². The van der Waals surface area contributed by atoms with Crippen LogP contribution < -0.4 is 16.4 Å². The van der Waals surface area contributed by atoms with Crippen molar-refractivity contribution < 1.29 is 61.9 Å². The Balaban J connectivity index is 2.10. The lowest BCUT2D eigenvalue weighted by Gasteiger charge is -2.28. The molecular weight excluding hydrogens is 827 g/mol. The van der Waals surface area contributed by atoms with Crippen LogP contribution in [0.5, 0.6) is 0 Å². The van der Waals surface area contributed by atoms with E-state index in [0.717, 1.165) is 32.1 Å². The number of hydrogen-bond donors (Lipinski definition) is 6. The van der Waals surface area contributed by atoms with E-state index in [-0.39, 0.29) is 50.7 Å². The zero-order valence-corrected chi connectivity index (χ0v) is 38.2. The van der Waals surface area contributed by atoms with Gasteiger partial charge in [-0.3, -0.25) is 37.8 Å². The van der Waals surface area contributed by atoms with Gasteiger partial charge in [0.2, 0.25) is 23.6 Å². The predicted molar refractivity (Wildman–Crippen MR) is 229 cm³/mol. The Bertz CT molecular complexity index is 1560. The van der Waals surface area contributed by atoms with Crippen LogP contribution >= 0.6 is 7.82 Å². The topological polar surface area (TPSA) is 279 Å². The van der Waals surface area contributed by atoms with E-state index in [1.807, 2.05) is 13.8 Å². The lowest BCUT2D eigenvalue weighted by molar-refractivity contribution is -0.140. The largest absolute Gasteiger partial charge is 0.472 e. The van der Waals surface area contributed by atoms with Crippen molar-refractivity contribution in [3.63, 3.8) is 0 Å². The Labute approximate surface area is 366 Å². The van der Waals surface area contributed by atoms with Crippen molar-refractivity contribution >= 4 is 43.0 Å². The van der Waals surface area contributed by atoms with Crippen molar-refractivity contribution in [1.82, 2.24) is 25.5 Å². The van der Waals surface area contributed by atoms with E-state index in [4.69, 9.17) is 24.3 Å². The number of nitrogens with one attached hydrogen (secondary N) is 3. The fraction of sp³-hybridized carbons (Fsp3) is 0.786. The lowest BCUT2D eigenvalue weighted by Crippen LogP contribution is -2.52. The highest BCUT2D eigenvalue weighted by molar-refractivity contribution is 7.47. The lowest BCUT2D eigenvalue weighted by atomic mass is 9.89. The van der Waals surface area contributed by atoms with Gasteiger partial charge in [-0.2, -0.15) is 0 Å². The van der Waals surface area contributed by atoms with Gasteiger partial charge in [0.15, 0.2) is 11.6 Å². The molecule has 19 nitrogen and oxygen atoms in total. The van der Waals surface area contributed by atoms with E-state index in [2.05, 4.69) is 27.5 Å². The van der Waals surface area contributed by atoms with Crippen molar-refractivity contribution in [2.24, 2.45) is 23.5 Å². The van der Waals surface area contributed by atoms with E-state index in [0.29, 0.717) is 44.7 Å². The molecule has 1 saturated heterocycles. The number of amides is 4. The molecule has 2 heterocycles. The SMILES string of the molecule is CCCCCCCCCCOP(=O)(O)O[C@H](C)[C@H](CC(=O)[C@H](CO)NC(=O)[C@@H](CC(=O)[C@H](CC(C)C)NC(=O)[C@@H]1CCCN1C(=O)CCOCCOC)Cc1cnc[nH]1)C(N)=O. The van der Waals surface area contributed by atoms with Crippen LogP contribution in [-0.2, 0) is 58.3 Å². The number of nitrogens with zero attached hydrogens (tertiary/aromatic N) is 2. The van der Waals surface area contributed by atoms with E-state index in [1.165, 1.54) is 37.2 Å². The summed E-state index contributed by atoms with van der Waals surface area (Å²) in [5.41, 5.74) is 6.08. The van der Waals surface area contributed by atoms with Gasteiger partial charge >= 0.3 is 7.82 Å². The van der Waals surface area contributed by atoms with Gasteiger partial charge in [0, 0.05) is 44.8 Å². The quantitative estimate of drug-likeness (QED) is 0.0422. The number of Topliss-reactive ketones (excluding diaryl/α,β-unsaturated/α-hetero) is 2. The maximum Gasteiger partial charge on any atom is 0.472 e. The first kappa shape index (κ1) is 54.6. The minimum atomic E-state index is -4.64. The Morgan fingerprint density at radius 1 is 0.952 bits per heavy atom. The fourth-order valence-electron chi connectivity index (χ4n) is 7.30. The minimum absolute atomic E-state index is 0.0247. The highest BCUT2D eigenvalue weighted by atomic mass is 31.2. The van der Waals surface area contributed by atoms with Gasteiger partial charge in [-0.05, 0) is 38.5 Å². The number of likely N-dealkylation sites (tertiary alicyclic amines) is 1. The number of aromatic nitrogens is 2. The molecule has 1 aromatic rings. The number of nitrogens with two attached hydrogens (primary N) is 1. The Morgan fingerprint density at radius 2 is 1.63 bits per heavy atom. The molecule has 0 spiro atoms. The first-order chi connectivity index (χ1) is 29.5. The average molecular weight is 901 g/mol. The van der Waals surface area contributed by atoms with Crippen LogP contribution in [0.2, 0.25) is 0 Å². The first-order valence-corrected chi connectivity index (χ1v) is 23.6. The Morgan fingerprint density at radius 3 is 2.24 bits per heavy atom. The summed E-state index contributed by atoms with van der Waals surface area (Å²) in [7, 11) is -3.10. The number of aromatic amines is 1. The number of methoxy groups -OCH3 is 1. The second-order valence-electron chi connectivity index (χ2n) is 16.4. The van der Waals surface area contributed by atoms with Crippen LogP contribution in [0.3, 0.4) is 0 Å². The predicted octanol–water partition coefficient (Wildman–Crippen LogP) is 3.30. The van der Waals surface area contributed by atoms with E-state index >= 15 is 0 Å². The molecule has 1 fully saturated rings. The van der Waals surface area contributed by atoms with Crippen molar-refractivity contribution in [3.05, 3.63) is 18.2 Å². The molecule has 1 aliphatic rings. The molecular formula is C42H73N6O13P. The van der Waals surface area contributed by atoms with Gasteiger partial charge in [-0.15, -0.1) is 0 Å². The van der Waals surface area contributed by atoms with Gasteiger partial charge in [0.05, 0.1) is 69.8 Å². The molecule has 20 heteroatoms. The Kier molecular flexibility index (Phi) is 26.2. The molecule has 7 N–H and O–H groups in total. The fourth-order valence-corrected chi connectivity index (χ4v) is 8.29. The van der Waals surface area contributed by atoms with Crippen LogP contribution in [0.15, 0.2) is 12.5 Å². The second kappa shape index (κ2) is 29.7. The molecule has 0 saturated carbocycles. The number of hydrogen-bond acceptors (Lipinski definition) is 13. The number of phosphoric acid groups is 1. The van der Waals surface area contributed by atoms with Crippen LogP contribution in [-0.4, -0.2) is 131 Å². The standard InChI is InChI=1S/C42H73N6O13P/c1-6-7-8-9-10-11-12-13-18-60-62(56,57)61-30(4)33(40(43)53)25-38(51)35(27-49)47-41(54)31(23-32-26-44-28-45-32)24-37(50)34(22-29(2)3)46-42(55)36-15-14-17-48(36)39(52)16-19-59-21-20-58-5/h26,28-31,33-36,49H,6-25,27H2,1-5H3,(H2,43,53)(H,44,45)(H,46,55)(H,47,54)(H,56,57)/t30-,31-,33+,34+,35+,36+/m1/s1. The number of rotatable bonds is 35. The highest BCUT2D eigenvalue weighted by Crippen LogP contribution is 2.46. The van der Waals surface area contributed by atoms with E-state index in [9.17, 15) is 43.3 Å². The van der Waals surface area contributed by atoms with Gasteiger partial charge in [-0.25, -0.2) is 9.55 Å². The molecule has 1 aliphatic heterocycles. The van der Waals surface area contributed by atoms with Crippen LogP contribution in [0.1, 0.15) is 123 Å². The number of ketones is 2. The molecule has 0 aliphatic carbocycles. The average Bonchev–Trinajstić information content (AvgIpc) is 3.93. The molecule has 0 radical (unpaired) electrons. The molecule has 62 heavy (non-hydrogen) atoms. The number of aliphatic hydroxyl groups excluding tert-OH is 1. The number of aliphatic hydroxyl groups is 1. The summed E-state index contributed by atoms with van der Waals surface area (Å²) in [6.45, 7) is 7.55. The molecule has 1 unspecified atom stereocenters. The summed E-state index contributed by atoms with van der Waals surface area (Å²) in [6, 6.07) is -3.33. The Hall–Kier alpha value is -3.58.